The van der Waals surface area contributed by atoms with Gasteiger partial charge in [0.15, 0.2) is 0 Å². The van der Waals surface area contributed by atoms with Crippen LogP contribution in [0, 0.1) is 0 Å². The Labute approximate surface area is 156 Å². The topological polar surface area (TPSA) is 66.5 Å². The Morgan fingerprint density at radius 1 is 1.16 bits per heavy atom. The Morgan fingerprint density at radius 2 is 1.88 bits per heavy atom. The number of benzene rings is 2. The Kier molecular flexibility index (Phi) is 4.81. The first-order valence-corrected chi connectivity index (χ1v) is 9.75. The first-order valence-electron chi connectivity index (χ1n) is 7.55. The van der Waals surface area contributed by atoms with Gasteiger partial charge in [-0.15, -0.1) is 0 Å². The summed E-state index contributed by atoms with van der Waals surface area (Å²) in [4.78, 5) is 11.9. The summed E-state index contributed by atoms with van der Waals surface area (Å²) in [5.41, 5.74) is 1.99. The van der Waals surface area contributed by atoms with E-state index in [1.54, 1.807) is 37.3 Å². The monoisotopic (exact) mass is 398 g/mol. The summed E-state index contributed by atoms with van der Waals surface area (Å²) in [6.07, 6.45) is 0. The van der Waals surface area contributed by atoms with Gasteiger partial charge < -0.3 is 5.32 Å². The van der Waals surface area contributed by atoms with E-state index in [2.05, 4.69) is 5.32 Å². The van der Waals surface area contributed by atoms with Gasteiger partial charge in [0.25, 0.3) is 0 Å². The zero-order valence-corrected chi connectivity index (χ0v) is 15.9. The number of anilines is 1. The molecule has 3 rings (SSSR count). The van der Waals surface area contributed by atoms with Gasteiger partial charge in [0.05, 0.1) is 10.8 Å². The van der Waals surface area contributed by atoms with E-state index in [1.807, 2.05) is 0 Å². The summed E-state index contributed by atoms with van der Waals surface area (Å²) < 4.78 is 26.9. The van der Waals surface area contributed by atoms with Crippen LogP contribution >= 0.6 is 23.2 Å². The Bertz CT molecular complexity index is 960. The molecule has 25 heavy (non-hydrogen) atoms. The molecule has 132 valence electrons. The fourth-order valence-electron chi connectivity index (χ4n) is 2.71. The van der Waals surface area contributed by atoms with E-state index in [4.69, 9.17) is 23.2 Å². The zero-order valence-electron chi connectivity index (χ0n) is 13.6. The number of nitrogens with zero attached hydrogens (tertiary/aromatic N) is 1. The Balaban J connectivity index is 1.90. The molecule has 0 bridgehead atoms. The van der Waals surface area contributed by atoms with E-state index in [0.717, 1.165) is 0 Å². The summed E-state index contributed by atoms with van der Waals surface area (Å²) in [5, 5.41) is 3.63. The van der Waals surface area contributed by atoms with E-state index < -0.39 is 10.0 Å². The molecule has 0 fully saturated rings. The van der Waals surface area contributed by atoms with Crippen LogP contribution in [-0.2, 0) is 21.4 Å². The fraction of sp³-hybridized carbons (Fsp3) is 0.235. The lowest BCUT2D eigenvalue weighted by Crippen LogP contribution is -2.26. The van der Waals surface area contributed by atoms with Crippen molar-refractivity contribution in [1.82, 2.24) is 4.31 Å². The molecule has 0 unspecified atom stereocenters. The second kappa shape index (κ2) is 6.61. The summed E-state index contributed by atoms with van der Waals surface area (Å²) >= 11 is 12.0. The third-order valence-corrected chi connectivity index (χ3v) is 6.64. The number of fused-ring (bicyclic) bond motifs is 1. The SMILES string of the molecule is C[C@@H]1C(=O)Nc2ccc(S(=O)(=O)N(C)Cc3ccc(Cl)cc3Cl)cc21. The highest BCUT2D eigenvalue weighted by Crippen LogP contribution is 2.34. The lowest BCUT2D eigenvalue weighted by molar-refractivity contribution is -0.116. The summed E-state index contributed by atoms with van der Waals surface area (Å²) in [7, 11) is -2.24. The highest BCUT2D eigenvalue weighted by molar-refractivity contribution is 7.89. The molecule has 0 saturated heterocycles. The minimum absolute atomic E-state index is 0.113. The maximum absolute atomic E-state index is 12.9. The molecule has 8 heteroatoms. The predicted octanol–water partition coefficient (Wildman–Crippen LogP) is 3.87. The van der Waals surface area contributed by atoms with Gasteiger partial charge in [-0.3, -0.25) is 4.79 Å². The van der Waals surface area contributed by atoms with Crippen LogP contribution in [0.3, 0.4) is 0 Å². The molecule has 0 saturated carbocycles. The number of sulfonamides is 1. The number of hydrogen-bond donors (Lipinski definition) is 1. The molecule has 1 aliphatic rings. The van der Waals surface area contributed by atoms with Crippen molar-refractivity contribution < 1.29 is 13.2 Å². The van der Waals surface area contributed by atoms with Gasteiger partial charge in [-0.1, -0.05) is 29.3 Å². The molecule has 1 atom stereocenters. The molecule has 5 nitrogen and oxygen atoms in total. The number of halogens is 2. The average Bonchev–Trinajstić information content (AvgIpc) is 2.84. The van der Waals surface area contributed by atoms with Crippen molar-refractivity contribution in [2.75, 3.05) is 12.4 Å². The first-order chi connectivity index (χ1) is 11.7. The van der Waals surface area contributed by atoms with Crippen molar-refractivity contribution >= 4 is 44.8 Å². The van der Waals surface area contributed by atoms with E-state index in [0.29, 0.717) is 26.9 Å². The standard InChI is InChI=1S/C17H16Cl2N2O3S/c1-10-14-8-13(5-6-16(14)20-17(10)22)25(23,24)21(2)9-11-3-4-12(18)7-15(11)19/h3-8,10H,9H2,1-2H3,(H,20,22)/t10-/m0/s1. The molecule has 2 aromatic rings. The smallest absolute Gasteiger partial charge is 0.243 e. The molecule has 0 radical (unpaired) electrons. The first kappa shape index (κ1) is 18.2. The molecule has 0 spiro atoms. The molecule has 1 aliphatic heterocycles. The van der Waals surface area contributed by atoms with Crippen molar-refractivity contribution in [2.24, 2.45) is 0 Å². The third-order valence-electron chi connectivity index (χ3n) is 4.26. The summed E-state index contributed by atoms with van der Waals surface area (Å²) in [6.45, 7) is 1.86. The van der Waals surface area contributed by atoms with Gasteiger partial charge >= 0.3 is 0 Å². The van der Waals surface area contributed by atoms with E-state index in [9.17, 15) is 13.2 Å². The number of carbonyl (C=O) groups excluding carboxylic acids is 1. The van der Waals surface area contributed by atoms with Gasteiger partial charge in [0.1, 0.15) is 0 Å². The predicted molar refractivity (Wildman–Crippen MR) is 98.6 cm³/mol. The molecule has 1 N–H and O–H groups in total. The minimum atomic E-state index is -3.72. The van der Waals surface area contributed by atoms with Crippen molar-refractivity contribution in [2.45, 2.75) is 24.3 Å². The summed E-state index contributed by atoms with van der Waals surface area (Å²) in [5.74, 6) is -0.507. The maximum Gasteiger partial charge on any atom is 0.243 e. The molecule has 1 heterocycles. The van der Waals surface area contributed by atoms with Gasteiger partial charge in [-0.25, -0.2) is 8.42 Å². The minimum Gasteiger partial charge on any atom is -0.325 e. The van der Waals surface area contributed by atoms with E-state index in [-0.39, 0.29) is 23.3 Å². The van der Waals surface area contributed by atoms with Crippen LogP contribution in [0.15, 0.2) is 41.3 Å². The third kappa shape index (κ3) is 3.40. The van der Waals surface area contributed by atoms with Crippen LogP contribution < -0.4 is 5.32 Å². The van der Waals surface area contributed by atoms with Crippen molar-refractivity contribution in [3.05, 3.63) is 57.6 Å². The van der Waals surface area contributed by atoms with Gasteiger partial charge in [0.2, 0.25) is 15.9 Å². The van der Waals surface area contributed by atoms with Gasteiger partial charge in [0, 0.05) is 29.3 Å². The lowest BCUT2D eigenvalue weighted by atomic mass is 10.0. The largest absolute Gasteiger partial charge is 0.325 e. The highest BCUT2D eigenvalue weighted by Gasteiger charge is 2.29. The second-order valence-corrected chi connectivity index (χ2v) is 8.85. The molecular formula is C17H16Cl2N2O3S. The van der Waals surface area contributed by atoms with Crippen molar-refractivity contribution in [3.63, 3.8) is 0 Å². The number of amides is 1. The van der Waals surface area contributed by atoms with E-state index in [1.165, 1.54) is 17.4 Å². The quantitative estimate of drug-likeness (QED) is 0.849. The van der Waals surface area contributed by atoms with Crippen LogP contribution in [0.2, 0.25) is 10.0 Å². The second-order valence-electron chi connectivity index (χ2n) is 5.96. The van der Waals surface area contributed by atoms with Crippen molar-refractivity contribution in [3.8, 4) is 0 Å². The van der Waals surface area contributed by atoms with Gasteiger partial charge in [-0.2, -0.15) is 4.31 Å². The molecule has 2 aromatic carbocycles. The number of nitrogens with one attached hydrogen (secondary N) is 1. The summed E-state index contributed by atoms with van der Waals surface area (Å²) in [6, 6.07) is 9.60. The molecular weight excluding hydrogens is 383 g/mol. The Morgan fingerprint density at radius 3 is 2.56 bits per heavy atom. The van der Waals surface area contributed by atoms with E-state index >= 15 is 0 Å². The lowest BCUT2D eigenvalue weighted by Gasteiger charge is -2.19. The van der Waals surface area contributed by atoms with Gasteiger partial charge in [-0.05, 0) is 48.4 Å². The van der Waals surface area contributed by atoms with Crippen LogP contribution in [0.25, 0.3) is 0 Å². The highest BCUT2D eigenvalue weighted by atomic mass is 35.5. The normalized spacial score (nSPS) is 16.8. The molecule has 0 aromatic heterocycles. The number of hydrogen-bond acceptors (Lipinski definition) is 3. The van der Waals surface area contributed by atoms with Crippen LogP contribution in [-0.4, -0.2) is 25.7 Å². The average molecular weight is 399 g/mol. The number of rotatable bonds is 4. The Hall–Kier alpha value is -1.60. The van der Waals surface area contributed by atoms with Crippen LogP contribution in [0.1, 0.15) is 24.0 Å². The van der Waals surface area contributed by atoms with Crippen LogP contribution in [0.5, 0.6) is 0 Å². The molecule has 0 aliphatic carbocycles. The molecule has 1 amide bonds. The zero-order chi connectivity index (χ0) is 18.4. The maximum atomic E-state index is 12.9. The number of carbonyl (C=O) groups is 1. The fourth-order valence-corrected chi connectivity index (χ4v) is 4.36. The van der Waals surface area contributed by atoms with Crippen molar-refractivity contribution in [1.29, 1.82) is 0 Å². The van der Waals surface area contributed by atoms with Crippen LogP contribution in [0.4, 0.5) is 5.69 Å².